The SMILES string of the molecule is CN(C)C(=O)c1ccc(NC(=O)c2ccnc(C3CC3)n2)cc1Cl. The summed E-state index contributed by atoms with van der Waals surface area (Å²) in [5.74, 6) is 0.570. The fraction of sp³-hybridized carbons (Fsp3) is 0.294. The first kappa shape index (κ1) is 16.4. The van der Waals surface area contributed by atoms with Crippen LogP contribution in [-0.2, 0) is 0 Å². The van der Waals surface area contributed by atoms with E-state index in [9.17, 15) is 9.59 Å². The Morgan fingerprint density at radius 3 is 2.62 bits per heavy atom. The smallest absolute Gasteiger partial charge is 0.274 e. The van der Waals surface area contributed by atoms with Crippen molar-refractivity contribution in [3.63, 3.8) is 0 Å². The summed E-state index contributed by atoms with van der Waals surface area (Å²) in [5.41, 5.74) is 1.21. The van der Waals surface area contributed by atoms with Crippen LogP contribution in [0.2, 0.25) is 5.02 Å². The molecule has 1 aliphatic carbocycles. The lowest BCUT2D eigenvalue weighted by atomic mass is 10.2. The van der Waals surface area contributed by atoms with E-state index in [1.54, 1.807) is 44.6 Å². The van der Waals surface area contributed by atoms with E-state index in [4.69, 9.17) is 11.6 Å². The molecule has 0 atom stereocenters. The second kappa shape index (κ2) is 6.57. The molecule has 1 fully saturated rings. The molecule has 1 aliphatic rings. The molecule has 6 nitrogen and oxygen atoms in total. The molecule has 1 aromatic heterocycles. The highest BCUT2D eigenvalue weighted by molar-refractivity contribution is 6.34. The molecule has 1 aromatic carbocycles. The van der Waals surface area contributed by atoms with Crippen molar-refractivity contribution in [2.24, 2.45) is 0 Å². The van der Waals surface area contributed by atoms with Crippen LogP contribution in [0, 0.1) is 0 Å². The number of hydrogen-bond acceptors (Lipinski definition) is 4. The Hall–Kier alpha value is -2.47. The zero-order valence-electron chi connectivity index (χ0n) is 13.4. The summed E-state index contributed by atoms with van der Waals surface area (Å²) < 4.78 is 0. The third-order valence-corrected chi connectivity index (χ3v) is 4.03. The predicted octanol–water partition coefficient (Wildman–Crippen LogP) is 2.96. The zero-order valence-corrected chi connectivity index (χ0v) is 14.2. The average molecular weight is 345 g/mol. The van der Waals surface area contributed by atoms with Gasteiger partial charge in [0.2, 0.25) is 0 Å². The number of benzene rings is 1. The summed E-state index contributed by atoms with van der Waals surface area (Å²) >= 11 is 6.15. The van der Waals surface area contributed by atoms with Crippen LogP contribution in [0.4, 0.5) is 5.69 Å². The summed E-state index contributed by atoms with van der Waals surface area (Å²) in [6.45, 7) is 0. The van der Waals surface area contributed by atoms with Gasteiger partial charge in [-0.05, 0) is 37.1 Å². The van der Waals surface area contributed by atoms with Crippen LogP contribution in [-0.4, -0.2) is 40.8 Å². The first-order chi connectivity index (χ1) is 11.5. The Bertz CT molecular complexity index is 803. The second-order valence-corrected chi connectivity index (χ2v) is 6.33. The maximum atomic E-state index is 12.3. The van der Waals surface area contributed by atoms with Crippen LogP contribution in [0.1, 0.15) is 45.4 Å². The number of halogens is 1. The summed E-state index contributed by atoms with van der Waals surface area (Å²) in [6.07, 6.45) is 3.74. The van der Waals surface area contributed by atoms with E-state index >= 15 is 0 Å². The van der Waals surface area contributed by atoms with Crippen molar-refractivity contribution in [1.82, 2.24) is 14.9 Å². The van der Waals surface area contributed by atoms with E-state index < -0.39 is 0 Å². The lowest BCUT2D eigenvalue weighted by Gasteiger charge is -2.12. The van der Waals surface area contributed by atoms with Crippen LogP contribution < -0.4 is 5.32 Å². The molecule has 0 aliphatic heterocycles. The molecule has 1 N–H and O–H groups in total. The molecule has 24 heavy (non-hydrogen) atoms. The summed E-state index contributed by atoms with van der Waals surface area (Å²) in [7, 11) is 3.31. The number of nitrogens with one attached hydrogen (secondary N) is 1. The molecule has 7 heteroatoms. The fourth-order valence-corrected chi connectivity index (χ4v) is 2.50. The summed E-state index contributed by atoms with van der Waals surface area (Å²) in [6, 6.07) is 6.37. The fourth-order valence-electron chi connectivity index (χ4n) is 2.24. The van der Waals surface area contributed by atoms with E-state index in [1.165, 1.54) is 4.90 Å². The van der Waals surface area contributed by atoms with Gasteiger partial charge in [0.05, 0.1) is 10.6 Å². The number of hydrogen-bond donors (Lipinski definition) is 1. The highest BCUT2D eigenvalue weighted by Crippen LogP contribution is 2.37. The van der Waals surface area contributed by atoms with Crippen molar-refractivity contribution < 1.29 is 9.59 Å². The molecular formula is C17H17ClN4O2. The number of carbonyl (C=O) groups is 2. The summed E-state index contributed by atoms with van der Waals surface area (Å²) in [5, 5.41) is 3.03. The number of carbonyl (C=O) groups excluding carboxylic acids is 2. The molecule has 124 valence electrons. The minimum absolute atomic E-state index is 0.192. The highest BCUT2D eigenvalue weighted by atomic mass is 35.5. The van der Waals surface area contributed by atoms with E-state index in [1.807, 2.05) is 0 Å². The molecule has 2 amide bonds. The van der Waals surface area contributed by atoms with E-state index in [2.05, 4.69) is 15.3 Å². The monoisotopic (exact) mass is 344 g/mol. The molecule has 2 aromatic rings. The molecule has 0 radical (unpaired) electrons. The lowest BCUT2D eigenvalue weighted by molar-refractivity contribution is 0.0827. The van der Waals surface area contributed by atoms with Crippen molar-refractivity contribution in [1.29, 1.82) is 0 Å². The maximum absolute atomic E-state index is 12.3. The minimum atomic E-state index is -0.331. The Morgan fingerprint density at radius 2 is 2.00 bits per heavy atom. The molecule has 3 rings (SSSR count). The van der Waals surface area contributed by atoms with Gasteiger partial charge < -0.3 is 10.2 Å². The van der Waals surface area contributed by atoms with Gasteiger partial charge in [-0.1, -0.05) is 11.6 Å². The van der Waals surface area contributed by atoms with Gasteiger partial charge in [0.15, 0.2) is 0 Å². The van der Waals surface area contributed by atoms with Gasteiger partial charge in [-0.15, -0.1) is 0 Å². The molecule has 1 heterocycles. The molecule has 1 saturated carbocycles. The number of nitrogens with zero attached hydrogens (tertiary/aromatic N) is 3. The van der Waals surface area contributed by atoms with Crippen molar-refractivity contribution >= 4 is 29.1 Å². The zero-order chi connectivity index (χ0) is 17.3. The average Bonchev–Trinajstić information content (AvgIpc) is 3.39. The third-order valence-electron chi connectivity index (χ3n) is 3.71. The molecule has 0 unspecified atom stereocenters. The normalized spacial score (nSPS) is 13.5. The maximum Gasteiger partial charge on any atom is 0.274 e. The van der Waals surface area contributed by atoms with E-state index in [0.717, 1.165) is 12.8 Å². The topological polar surface area (TPSA) is 75.2 Å². The molecule has 0 saturated heterocycles. The predicted molar refractivity (Wildman–Crippen MR) is 91.4 cm³/mol. The van der Waals surface area contributed by atoms with Gasteiger partial charge in [0.1, 0.15) is 11.5 Å². The van der Waals surface area contributed by atoms with E-state index in [-0.39, 0.29) is 16.8 Å². The van der Waals surface area contributed by atoms with Crippen LogP contribution in [0.3, 0.4) is 0 Å². The van der Waals surface area contributed by atoms with Gasteiger partial charge in [0, 0.05) is 31.9 Å². The van der Waals surface area contributed by atoms with Gasteiger partial charge in [-0.3, -0.25) is 9.59 Å². The Kier molecular flexibility index (Phi) is 4.49. The second-order valence-electron chi connectivity index (χ2n) is 5.92. The van der Waals surface area contributed by atoms with Crippen molar-refractivity contribution in [2.45, 2.75) is 18.8 Å². The third kappa shape index (κ3) is 3.54. The Balaban J connectivity index is 1.76. The number of amides is 2. The first-order valence-electron chi connectivity index (χ1n) is 7.61. The van der Waals surface area contributed by atoms with Crippen LogP contribution in [0.25, 0.3) is 0 Å². The Labute approximate surface area is 144 Å². The minimum Gasteiger partial charge on any atom is -0.345 e. The first-order valence-corrected chi connectivity index (χ1v) is 7.99. The van der Waals surface area contributed by atoms with Crippen molar-refractivity contribution in [3.8, 4) is 0 Å². The van der Waals surface area contributed by atoms with Crippen LogP contribution in [0.5, 0.6) is 0 Å². The lowest BCUT2D eigenvalue weighted by Crippen LogP contribution is -2.22. The number of aromatic nitrogens is 2. The highest BCUT2D eigenvalue weighted by Gasteiger charge is 2.27. The van der Waals surface area contributed by atoms with Gasteiger partial charge in [-0.25, -0.2) is 9.97 Å². The quantitative estimate of drug-likeness (QED) is 0.925. The van der Waals surface area contributed by atoms with Gasteiger partial charge >= 0.3 is 0 Å². The van der Waals surface area contributed by atoms with Crippen LogP contribution in [0.15, 0.2) is 30.5 Å². The number of rotatable bonds is 4. The summed E-state index contributed by atoms with van der Waals surface area (Å²) in [4.78, 5) is 34.2. The Morgan fingerprint density at radius 1 is 1.25 bits per heavy atom. The van der Waals surface area contributed by atoms with Crippen molar-refractivity contribution in [3.05, 3.63) is 52.6 Å². The molecule has 0 bridgehead atoms. The molecule has 0 spiro atoms. The van der Waals surface area contributed by atoms with Crippen LogP contribution >= 0.6 is 11.6 Å². The largest absolute Gasteiger partial charge is 0.345 e. The standard InChI is InChI=1S/C17H17ClN4O2/c1-22(2)17(24)12-6-5-11(9-13(12)18)20-16(23)14-7-8-19-15(21-14)10-3-4-10/h5-10H,3-4H2,1-2H3,(H,20,23). The van der Waals surface area contributed by atoms with Gasteiger partial charge in [0.25, 0.3) is 11.8 Å². The van der Waals surface area contributed by atoms with E-state index in [0.29, 0.717) is 28.7 Å². The van der Waals surface area contributed by atoms with Crippen molar-refractivity contribution in [2.75, 3.05) is 19.4 Å². The molecular weight excluding hydrogens is 328 g/mol. The number of anilines is 1. The van der Waals surface area contributed by atoms with Gasteiger partial charge in [-0.2, -0.15) is 0 Å².